The Morgan fingerprint density at radius 3 is 2.58 bits per heavy atom. The van der Waals surface area contributed by atoms with E-state index in [0.29, 0.717) is 30.7 Å². The first kappa shape index (κ1) is 23.1. The average Bonchev–Trinajstić information content (AvgIpc) is 3.37. The minimum absolute atomic E-state index is 0.0691. The summed E-state index contributed by atoms with van der Waals surface area (Å²) in [6.07, 6.45) is 2.84. The SMILES string of the molecule is O=C(CCCCCNc1ccc([N+](=O)[O-])c2nonc12)N1Cc2ccccc2C#Cc2ccccc21. The zero-order valence-electron chi connectivity index (χ0n) is 19.4. The Labute approximate surface area is 207 Å². The number of fused-ring (bicyclic) bond motifs is 3. The van der Waals surface area contributed by atoms with Gasteiger partial charge in [-0.05, 0) is 53.0 Å². The summed E-state index contributed by atoms with van der Waals surface area (Å²) in [5.74, 6) is 6.53. The van der Waals surface area contributed by atoms with Gasteiger partial charge in [0.2, 0.25) is 11.4 Å². The van der Waals surface area contributed by atoms with Crippen LogP contribution in [0.3, 0.4) is 0 Å². The Morgan fingerprint density at radius 1 is 0.972 bits per heavy atom. The van der Waals surface area contributed by atoms with Gasteiger partial charge in [-0.25, -0.2) is 4.63 Å². The van der Waals surface area contributed by atoms with Gasteiger partial charge in [-0.1, -0.05) is 48.6 Å². The number of para-hydroxylation sites is 1. The zero-order chi connectivity index (χ0) is 24.9. The molecule has 0 bridgehead atoms. The Kier molecular flexibility index (Phi) is 6.58. The molecule has 1 aliphatic rings. The minimum atomic E-state index is -0.511. The second kappa shape index (κ2) is 10.3. The Hall–Kier alpha value is -4.71. The summed E-state index contributed by atoms with van der Waals surface area (Å²) in [4.78, 5) is 25.7. The van der Waals surface area contributed by atoms with E-state index in [0.717, 1.165) is 41.6 Å². The highest BCUT2D eigenvalue weighted by Gasteiger charge is 2.21. The largest absolute Gasteiger partial charge is 0.383 e. The highest BCUT2D eigenvalue weighted by atomic mass is 16.6. The number of nitro groups is 1. The molecule has 0 spiro atoms. The first-order valence-corrected chi connectivity index (χ1v) is 11.7. The molecule has 4 aromatic rings. The van der Waals surface area contributed by atoms with Gasteiger partial charge < -0.3 is 10.2 Å². The van der Waals surface area contributed by atoms with Gasteiger partial charge >= 0.3 is 5.69 Å². The maximum Gasteiger partial charge on any atom is 0.300 e. The van der Waals surface area contributed by atoms with E-state index < -0.39 is 4.92 Å². The molecule has 0 radical (unpaired) electrons. The van der Waals surface area contributed by atoms with Crippen LogP contribution in [0, 0.1) is 22.0 Å². The third-order valence-electron chi connectivity index (χ3n) is 6.15. The topological polar surface area (TPSA) is 114 Å². The molecular weight excluding hydrogens is 458 g/mol. The van der Waals surface area contributed by atoms with E-state index in [-0.39, 0.29) is 17.1 Å². The van der Waals surface area contributed by atoms with E-state index in [1.807, 2.05) is 53.4 Å². The van der Waals surface area contributed by atoms with Crippen LogP contribution in [0.1, 0.15) is 42.4 Å². The molecule has 3 aromatic carbocycles. The second-order valence-electron chi connectivity index (χ2n) is 8.49. The van der Waals surface area contributed by atoms with Crippen molar-refractivity contribution in [3.05, 3.63) is 87.5 Å². The molecule has 0 fully saturated rings. The number of rotatable bonds is 8. The fourth-order valence-corrected chi connectivity index (χ4v) is 4.29. The molecule has 0 saturated heterocycles. The van der Waals surface area contributed by atoms with Gasteiger partial charge in [0.1, 0.15) is 0 Å². The van der Waals surface area contributed by atoms with Crippen molar-refractivity contribution >= 4 is 34.0 Å². The number of hydrogen-bond donors (Lipinski definition) is 1. The maximum atomic E-state index is 13.3. The summed E-state index contributed by atoms with van der Waals surface area (Å²) in [7, 11) is 0. The lowest BCUT2D eigenvalue weighted by atomic mass is 10.0. The molecule has 5 rings (SSSR count). The zero-order valence-corrected chi connectivity index (χ0v) is 19.4. The van der Waals surface area contributed by atoms with Crippen molar-refractivity contribution < 1.29 is 14.3 Å². The second-order valence-corrected chi connectivity index (χ2v) is 8.49. The number of amides is 1. The summed E-state index contributed by atoms with van der Waals surface area (Å²) in [5, 5.41) is 21.8. The Bertz CT molecular complexity index is 1500. The van der Waals surface area contributed by atoms with Crippen molar-refractivity contribution in [2.24, 2.45) is 0 Å². The molecule has 1 aromatic heterocycles. The Morgan fingerprint density at radius 2 is 1.72 bits per heavy atom. The van der Waals surface area contributed by atoms with Crippen LogP contribution in [-0.2, 0) is 11.3 Å². The lowest BCUT2D eigenvalue weighted by molar-refractivity contribution is -0.383. The molecule has 180 valence electrons. The summed E-state index contributed by atoms with van der Waals surface area (Å²) in [6, 6.07) is 18.7. The van der Waals surface area contributed by atoms with Crippen molar-refractivity contribution in [2.75, 3.05) is 16.8 Å². The number of unbranched alkanes of at least 4 members (excludes halogenated alkanes) is 2. The third-order valence-corrected chi connectivity index (χ3v) is 6.15. The van der Waals surface area contributed by atoms with E-state index in [1.165, 1.54) is 6.07 Å². The Balaban J connectivity index is 1.18. The van der Waals surface area contributed by atoms with E-state index >= 15 is 0 Å². The minimum Gasteiger partial charge on any atom is -0.383 e. The van der Waals surface area contributed by atoms with E-state index in [4.69, 9.17) is 4.63 Å². The molecule has 2 heterocycles. The van der Waals surface area contributed by atoms with Crippen LogP contribution in [0.5, 0.6) is 0 Å². The van der Waals surface area contributed by atoms with Crippen LogP contribution in [0.2, 0.25) is 0 Å². The molecule has 36 heavy (non-hydrogen) atoms. The molecule has 0 atom stereocenters. The number of anilines is 2. The van der Waals surface area contributed by atoms with Gasteiger partial charge in [0.15, 0.2) is 5.52 Å². The summed E-state index contributed by atoms with van der Waals surface area (Å²) >= 11 is 0. The van der Waals surface area contributed by atoms with Crippen molar-refractivity contribution in [1.82, 2.24) is 10.3 Å². The number of carbonyl (C=O) groups excluding carboxylic acids is 1. The summed E-state index contributed by atoms with van der Waals surface area (Å²) in [5.41, 5.74) is 4.61. The average molecular weight is 482 g/mol. The lowest BCUT2D eigenvalue weighted by Crippen LogP contribution is -2.31. The predicted molar refractivity (Wildman–Crippen MR) is 135 cm³/mol. The van der Waals surface area contributed by atoms with Crippen molar-refractivity contribution in [3.63, 3.8) is 0 Å². The standard InChI is InChI=1S/C27H23N5O4/c33-25(31-18-21-10-4-3-8-19(21)13-14-20-9-5-6-11-23(20)31)12-2-1-7-17-28-22-15-16-24(32(34)35)27-26(22)29-36-30-27/h3-6,8-11,15-16,28H,1-2,7,12,17-18H2. The molecule has 1 N–H and O–H groups in total. The summed E-state index contributed by atoms with van der Waals surface area (Å²) in [6.45, 7) is 1.12. The summed E-state index contributed by atoms with van der Waals surface area (Å²) < 4.78 is 4.69. The van der Waals surface area contributed by atoms with Gasteiger partial charge in [-0.3, -0.25) is 14.9 Å². The molecule has 9 heteroatoms. The fraction of sp³-hybridized carbons (Fsp3) is 0.222. The van der Waals surface area contributed by atoms with Crippen LogP contribution in [0.15, 0.2) is 65.3 Å². The number of carbonyl (C=O) groups is 1. The number of benzene rings is 3. The van der Waals surface area contributed by atoms with E-state index in [2.05, 4.69) is 27.5 Å². The molecule has 1 amide bonds. The molecule has 1 aliphatic heterocycles. The molecule has 9 nitrogen and oxygen atoms in total. The quantitative estimate of drug-likeness (QED) is 0.162. The number of non-ortho nitro benzene ring substituents is 1. The predicted octanol–water partition coefficient (Wildman–Crippen LogP) is 5.05. The smallest absolute Gasteiger partial charge is 0.300 e. The van der Waals surface area contributed by atoms with Gasteiger partial charge in [0.05, 0.1) is 22.8 Å². The molecule has 0 saturated carbocycles. The van der Waals surface area contributed by atoms with Gasteiger partial charge in [-0.15, -0.1) is 0 Å². The molecule has 0 aliphatic carbocycles. The van der Waals surface area contributed by atoms with Crippen LogP contribution in [0.4, 0.5) is 17.1 Å². The third kappa shape index (κ3) is 4.74. The van der Waals surface area contributed by atoms with E-state index in [1.54, 1.807) is 6.07 Å². The number of hydrogen-bond acceptors (Lipinski definition) is 7. The number of nitrogens with one attached hydrogen (secondary N) is 1. The number of aromatic nitrogens is 2. The van der Waals surface area contributed by atoms with Crippen molar-refractivity contribution in [1.29, 1.82) is 0 Å². The van der Waals surface area contributed by atoms with Crippen LogP contribution in [-0.4, -0.2) is 27.7 Å². The van der Waals surface area contributed by atoms with Crippen LogP contribution >= 0.6 is 0 Å². The monoisotopic (exact) mass is 481 g/mol. The van der Waals surface area contributed by atoms with Crippen LogP contribution < -0.4 is 10.2 Å². The van der Waals surface area contributed by atoms with Crippen molar-refractivity contribution in [3.8, 4) is 11.8 Å². The first-order valence-electron chi connectivity index (χ1n) is 11.7. The normalized spacial score (nSPS) is 12.1. The molecular formula is C27H23N5O4. The van der Waals surface area contributed by atoms with Gasteiger partial charge in [-0.2, -0.15) is 0 Å². The number of nitrogens with zero attached hydrogens (tertiary/aromatic N) is 4. The fourth-order valence-electron chi connectivity index (χ4n) is 4.29. The van der Waals surface area contributed by atoms with Crippen molar-refractivity contribution in [2.45, 2.75) is 32.2 Å². The maximum absolute atomic E-state index is 13.3. The number of nitro benzene ring substituents is 1. The molecule has 0 unspecified atom stereocenters. The van der Waals surface area contributed by atoms with Gasteiger partial charge in [0, 0.05) is 30.2 Å². The highest BCUT2D eigenvalue weighted by molar-refractivity contribution is 5.95. The van der Waals surface area contributed by atoms with Crippen LogP contribution in [0.25, 0.3) is 11.0 Å². The first-order chi connectivity index (χ1) is 17.6. The van der Waals surface area contributed by atoms with Gasteiger partial charge in [0.25, 0.3) is 0 Å². The highest BCUT2D eigenvalue weighted by Crippen LogP contribution is 2.29. The lowest BCUT2D eigenvalue weighted by Gasteiger charge is -2.26. The van der Waals surface area contributed by atoms with E-state index in [9.17, 15) is 14.9 Å².